The molecule has 174 valence electrons. The first-order valence-corrected chi connectivity index (χ1v) is 13.2. The van der Waals surface area contributed by atoms with Gasteiger partial charge in [0.25, 0.3) is 0 Å². The summed E-state index contributed by atoms with van der Waals surface area (Å²) in [5.74, 6) is 3.95. The van der Waals surface area contributed by atoms with Gasteiger partial charge in [0.2, 0.25) is 5.91 Å². The van der Waals surface area contributed by atoms with Crippen LogP contribution in [0, 0.1) is 39.9 Å². The summed E-state index contributed by atoms with van der Waals surface area (Å²) in [6.45, 7) is 12.6. The molecular formula is C28H46N2O. The van der Waals surface area contributed by atoms with Crippen molar-refractivity contribution in [2.24, 2.45) is 39.9 Å². The van der Waals surface area contributed by atoms with Gasteiger partial charge in [0.05, 0.1) is 0 Å². The topological polar surface area (TPSA) is 23.6 Å². The van der Waals surface area contributed by atoms with E-state index in [4.69, 9.17) is 0 Å². The Bertz CT molecular complexity index is 780. The molecule has 8 unspecified atom stereocenters. The number of rotatable bonds is 1. The highest BCUT2D eigenvalue weighted by Gasteiger charge is 2.64. The van der Waals surface area contributed by atoms with Crippen LogP contribution >= 0.6 is 0 Å². The molecule has 1 heterocycles. The maximum Gasteiger partial charge on any atom is 0.227 e. The largest absolute Gasteiger partial charge is 0.342 e. The molecular weight excluding hydrogens is 380 g/mol. The van der Waals surface area contributed by atoms with Crippen LogP contribution in [0.3, 0.4) is 0 Å². The molecule has 5 rings (SSSR count). The number of allylic oxidation sites excluding steroid dienone is 1. The number of amides is 1. The van der Waals surface area contributed by atoms with Crippen LogP contribution < -0.4 is 0 Å². The number of carbonyl (C=O) groups excluding carboxylic acids is 1. The van der Waals surface area contributed by atoms with Gasteiger partial charge in [-0.1, -0.05) is 39.3 Å². The molecule has 3 saturated carbocycles. The van der Waals surface area contributed by atoms with Crippen LogP contribution in [0.4, 0.5) is 0 Å². The summed E-state index contributed by atoms with van der Waals surface area (Å²) >= 11 is 0. The summed E-state index contributed by atoms with van der Waals surface area (Å²) in [6, 6.07) is 1.16. The van der Waals surface area contributed by atoms with Crippen LogP contribution in [0.25, 0.3) is 0 Å². The highest BCUT2D eigenvalue weighted by Crippen LogP contribution is 2.68. The molecule has 0 aromatic carbocycles. The predicted octanol–water partition coefficient (Wildman–Crippen LogP) is 5.75. The second kappa shape index (κ2) is 7.08. The third kappa shape index (κ3) is 3.04. The minimum Gasteiger partial charge on any atom is -0.342 e. The van der Waals surface area contributed by atoms with Crippen molar-refractivity contribution in [1.82, 2.24) is 9.80 Å². The summed E-state index contributed by atoms with van der Waals surface area (Å²) in [5, 5.41) is 0. The molecule has 0 bridgehead atoms. The average molecular weight is 427 g/mol. The van der Waals surface area contributed by atoms with Crippen molar-refractivity contribution in [3.05, 3.63) is 11.6 Å². The van der Waals surface area contributed by atoms with Gasteiger partial charge in [-0.25, -0.2) is 0 Å². The molecule has 0 aromatic heterocycles. The van der Waals surface area contributed by atoms with Crippen LogP contribution in [0.5, 0.6) is 0 Å². The second-order valence-corrected chi connectivity index (χ2v) is 13.4. The highest BCUT2D eigenvalue weighted by molar-refractivity contribution is 5.81. The van der Waals surface area contributed by atoms with E-state index in [1.54, 1.807) is 5.57 Å². The summed E-state index contributed by atoms with van der Waals surface area (Å²) in [5.41, 5.74) is 2.40. The van der Waals surface area contributed by atoms with E-state index in [0.717, 1.165) is 36.1 Å². The van der Waals surface area contributed by atoms with E-state index in [9.17, 15) is 4.79 Å². The lowest BCUT2D eigenvalue weighted by molar-refractivity contribution is -0.141. The molecule has 0 N–H and O–H groups in total. The molecule has 0 radical (unpaired) electrons. The summed E-state index contributed by atoms with van der Waals surface area (Å²) in [4.78, 5) is 17.7. The van der Waals surface area contributed by atoms with Crippen molar-refractivity contribution >= 4 is 5.91 Å². The normalized spacial score (nSPS) is 47.1. The van der Waals surface area contributed by atoms with Crippen molar-refractivity contribution in [2.45, 2.75) is 98.1 Å². The van der Waals surface area contributed by atoms with Crippen molar-refractivity contribution in [2.75, 3.05) is 20.6 Å². The SMILES string of the molecule is CC1C2CCC3C4CC=C5CC(N(C)C(=O)C(C)(C)C)CCC5(C)C4CCC32CN1C. The number of nitrogens with zero attached hydrogens (tertiary/aromatic N) is 2. The predicted molar refractivity (Wildman–Crippen MR) is 128 cm³/mol. The smallest absolute Gasteiger partial charge is 0.227 e. The number of carbonyl (C=O) groups is 1. The minimum absolute atomic E-state index is 0.288. The van der Waals surface area contributed by atoms with Crippen LogP contribution in [0.2, 0.25) is 0 Å². The molecule has 1 spiro atoms. The van der Waals surface area contributed by atoms with Gasteiger partial charge in [-0.15, -0.1) is 0 Å². The maximum absolute atomic E-state index is 12.9. The maximum atomic E-state index is 12.9. The Morgan fingerprint density at radius 3 is 2.52 bits per heavy atom. The first kappa shape index (κ1) is 22.0. The molecule has 1 amide bonds. The van der Waals surface area contributed by atoms with Gasteiger partial charge >= 0.3 is 0 Å². The summed E-state index contributed by atoms with van der Waals surface area (Å²) in [7, 11) is 4.42. The van der Waals surface area contributed by atoms with Crippen LogP contribution in [0.15, 0.2) is 11.6 Å². The Hall–Kier alpha value is -0.830. The fraction of sp³-hybridized carbons (Fsp3) is 0.893. The zero-order valence-corrected chi connectivity index (χ0v) is 21.2. The minimum atomic E-state index is -0.288. The van der Waals surface area contributed by atoms with E-state index in [1.807, 2.05) is 7.05 Å². The Labute approximate surface area is 191 Å². The number of hydrogen-bond donors (Lipinski definition) is 0. The number of likely N-dealkylation sites (tertiary alicyclic amines) is 1. The second-order valence-electron chi connectivity index (χ2n) is 13.4. The zero-order chi connectivity index (χ0) is 22.3. The Kier molecular flexibility index (Phi) is 5.02. The summed E-state index contributed by atoms with van der Waals surface area (Å²) < 4.78 is 0. The highest BCUT2D eigenvalue weighted by atomic mass is 16.2. The van der Waals surface area contributed by atoms with E-state index in [1.165, 1.54) is 51.5 Å². The van der Waals surface area contributed by atoms with E-state index in [2.05, 4.69) is 57.5 Å². The Balaban J connectivity index is 1.37. The average Bonchev–Trinajstić information content (AvgIpc) is 3.19. The molecule has 4 aliphatic carbocycles. The number of fused-ring (bicyclic) bond motifs is 4. The quantitative estimate of drug-likeness (QED) is 0.498. The lowest BCUT2D eigenvalue weighted by Crippen LogP contribution is -2.53. The first-order chi connectivity index (χ1) is 14.5. The molecule has 0 aromatic rings. The van der Waals surface area contributed by atoms with Gasteiger partial charge in [-0.05, 0) is 99.8 Å². The molecule has 3 heteroatoms. The lowest BCUT2D eigenvalue weighted by Gasteiger charge is -2.58. The van der Waals surface area contributed by atoms with Gasteiger partial charge in [0, 0.05) is 31.1 Å². The van der Waals surface area contributed by atoms with Crippen molar-refractivity contribution in [3.8, 4) is 0 Å². The molecule has 5 aliphatic rings. The van der Waals surface area contributed by atoms with E-state index < -0.39 is 0 Å². The zero-order valence-electron chi connectivity index (χ0n) is 21.2. The van der Waals surface area contributed by atoms with Gasteiger partial charge in [0.15, 0.2) is 0 Å². The first-order valence-electron chi connectivity index (χ1n) is 13.2. The Morgan fingerprint density at radius 2 is 1.81 bits per heavy atom. The third-order valence-electron chi connectivity index (χ3n) is 11.2. The van der Waals surface area contributed by atoms with Crippen LogP contribution in [0.1, 0.15) is 86.0 Å². The van der Waals surface area contributed by atoms with Gasteiger partial charge in [0.1, 0.15) is 0 Å². The molecule has 4 fully saturated rings. The van der Waals surface area contributed by atoms with E-state index in [0.29, 0.717) is 22.8 Å². The summed E-state index contributed by atoms with van der Waals surface area (Å²) in [6.07, 6.45) is 13.4. The molecule has 31 heavy (non-hydrogen) atoms. The van der Waals surface area contributed by atoms with Crippen molar-refractivity contribution in [3.63, 3.8) is 0 Å². The molecule has 1 saturated heterocycles. The van der Waals surface area contributed by atoms with Crippen LogP contribution in [-0.4, -0.2) is 48.4 Å². The number of hydrogen-bond acceptors (Lipinski definition) is 2. The fourth-order valence-corrected chi connectivity index (χ4v) is 9.47. The van der Waals surface area contributed by atoms with E-state index >= 15 is 0 Å². The van der Waals surface area contributed by atoms with Crippen molar-refractivity contribution < 1.29 is 4.79 Å². The lowest BCUT2D eigenvalue weighted by atomic mass is 9.47. The molecule has 8 atom stereocenters. The van der Waals surface area contributed by atoms with Crippen molar-refractivity contribution in [1.29, 1.82) is 0 Å². The third-order valence-corrected chi connectivity index (χ3v) is 11.2. The van der Waals surface area contributed by atoms with Crippen LogP contribution in [-0.2, 0) is 4.79 Å². The van der Waals surface area contributed by atoms with E-state index in [-0.39, 0.29) is 5.41 Å². The fourth-order valence-electron chi connectivity index (χ4n) is 9.47. The van der Waals surface area contributed by atoms with Gasteiger partial charge in [-0.3, -0.25) is 4.79 Å². The van der Waals surface area contributed by atoms with Gasteiger partial charge < -0.3 is 9.80 Å². The molecule has 1 aliphatic heterocycles. The standard InChI is InChI=1S/C28H46N2O/c1-18-22-10-11-24-21-9-8-19-16-20(30(7)25(31)26(2,3)4)12-14-27(19,5)23(21)13-15-28(22,24)17-29(18)6/h8,18,20-24H,9-17H2,1-7H3. The monoisotopic (exact) mass is 426 g/mol. The molecule has 3 nitrogen and oxygen atoms in total. The van der Waals surface area contributed by atoms with Gasteiger partial charge in [-0.2, -0.15) is 0 Å². The Morgan fingerprint density at radius 1 is 1.10 bits per heavy atom.